The maximum Gasteiger partial charge on any atom is -0.147 e. The van der Waals surface area contributed by atoms with Gasteiger partial charge in [0.2, 0.25) is 0 Å². The average molecular weight is 424 g/mol. The first kappa shape index (κ1) is 16.4. The van der Waals surface area contributed by atoms with E-state index in [-0.39, 0.29) is 24.8 Å². The van der Waals surface area contributed by atoms with Crippen LogP contribution in [0.4, 0.5) is 0 Å². The molecule has 0 N–H and O–H groups in total. The van der Waals surface area contributed by atoms with Crippen LogP contribution in [0.3, 0.4) is 0 Å². The monoisotopic (exact) mass is 424 g/mol. The van der Waals surface area contributed by atoms with E-state index in [0.717, 1.165) is 0 Å². The summed E-state index contributed by atoms with van der Waals surface area (Å²) >= 11 is -0.615. The van der Waals surface area contributed by atoms with E-state index in [1.807, 2.05) is 3.33 Å². The first-order chi connectivity index (χ1) is 6.81. The average Bonchev–Trinajstić information content (AvgIpc) is 2.79. The molecule has 2 aliphatic rings. The fourth-order valence-corrected chi connectivity index (χ4v) is 6.82. The van der Waals surface area contributed by atoms with Crippen molar-refractivity contribution >= 4 is 24.8 Å². The van der Waals surface area contributed by atoms with Crippen molar-refractivity contribution in [1.29, 1.82) is 0 Å². The molecule has 16 heavy (non-hydrogen) atoms. The Balaban J connectivity index is 0.00000112. The minimum atomic E-state index is -0.615. The van der Waals surface area contributed by atoms with Crippen molar-refractivity contribution < 1.29 is 22.9 Å². The Bertz CT molecular complexity index is 362. The molecular formula is C13H18Cl2Hf. The van der Waals surface area contributed by atoms with E-state index in [2.05, 4.69) is 38.2 Å². The number of allylic oxidation sites excluding steroid dienone is 8. The van der Waals surface area contributed by atoms with Gasteiger partial charge >= 0.3 is 98.1 Å². The van der Waals surface area contributed by atoms with Crippen molar-refractivity contribution in [2.24, 2.45) is 0 Å². The van der Waals surface area contributed by atoms with Crippen molar-refractivity contribution in [2.75, 3.05) is 0 Å². The molecule has 0 saturated carbocycles. The predicted octanol–water partition coefficient (Wildman–Crippen LogP) is 4.77. The Morgan fingerprint density at radius 3 is 2.50 bits per heavy atom. The van der Waals surface area contributed by atoms with Crippen LogP contribution in [0.15, 0.2) is 42.1 Å². The van der Waals surface area contributed by atoms with Gasteiger partial charge < -0.3 is 0 Å². The molecule has 88 valence electrons. The van der Waals surface area contributed by atoms with Crippen molar-refractivity contribution in [1.82, 2.24) is 0 Å². The molecule has 0 saturated heterocycles. The first-order valence-corrected chi connectivity index (χ1v) is 8.92. The summed E-state index contributed by atoms with van der Waals surface area (Å²) in [4.78, 5) is 0. The summed E-state index contributed by atoms with van der Waals surface area (Å²) in [6.07, 6.45) is 13.1. The van der Waals surface area contributed by atoms with Crippen molar-refractivity contribution in [2.45, 2.75) is 33.1 Å². The standard InChI is InChI=1S/C8H11.C5H5.2ClH.Hf/c1-3-8-6-4-5-7(8)2;1-2-4-5-3-1;;;/h6H,3-4H2,1-2H3;1-3H,4H2;2*1H;. The summed E-state index contributed by atoms with van der Waals surface area (Å²) in [6, 6.07) is 0. The van der Waals surface area contributed by atoms with Gasteiger partial charge in [-0.05, 0) is 0 Å². The largest absolute Gasteiger partial charge is 0.147 e. The molecule has 0 nitrogen and oxygen atoms in total. The van der Waals surface area contributed by atoms with Gasteiger partial charge in [0.1, 0.15) is 0 Å². The van der Waals surface area contributed by atoms with Gasteiger partial charge in [0, 0.05) is 0 Å². The summed E-state index contributed by atoms with van der Waals surface area (Å²) in [5.74, 6) is 0. The zero-order valence-electron chi connectivity index (χ0n) is 9.75. The molecule has 0 radical (unpaired) electrons. The zero-order chi connectivity index (χ0) is 9.97. The second kappa shape index (κ2) is 7.68. The fourth-order valence-electron chi connectivity index (χ4n) is 2.01. The second-order valence-corrected chi connectivity index (χ2v) is 9.21. The van der Waals surface area contributed by atoms with E-state index in [1.165, 1.54) is 19.3 Å². The third-order valence-electron chi connectivity index (χ3n) is 2.95. The Hall–Kier alpha value is 0.410. The van der Waals surface area contributed by atoms with Crippen LogP contribution in [-0.4, -0.2) is 0 Å². The van der Waals surface area contributed by atoms with Crippen LogP contribution in [0.5, 0.6) is 0 Å². The molecule has 0 aromatic rings. The van der Waals surface area contributed by atoms with Crippen molar-refractivity contribution in [3.05, 3.63) is 42.1 Å². The van der Waals surface area contributed by atoms with Crippen LogP contribution < -0.4 is 0 Å². The van der Waals surface area contributed by atoms with Gasteiger partial charge in [-0.2, -0.15) is 0 Å². The van der Waals surface area contributed by atoms with E-state index in [4.69, 9.17) is 0 Å². The van der Waals surface area contributed by atoms with Crippen molar-refractivity contribution in [3.63, 3.8) is 0 Å². The quantitative estimate of drug-likeness (QED) is 0.574. The Morgan fingerprint density at radius 2 is 2.00 bits per heavy atom. The molecule has 0 heterocycles. The van der Waals surface area contributed by atoms with Crippen LogP contribution in [0.25, 0.3) is 0 Å². The molecule has 0 unspecified atom stereocenters. The molecule has 2 aliphatic carbocycles. The molecule has 0 aromatic carbocycles. The van der Waals surface area contributed by atoms with Crippen LogP contribution in [0, 0.1) is 0 Å². The minimum Gasteiger partial charge on any atom is -0.147 e. The van der Waals surface area contributed by atoms with E-state index in [0.29, 0.717) is 0 Å². The van der Waals surface area contributed by atoms with Gasteiger partial charge in [0.15, 0.2) is 0 Å². The van der Waals surface area contributed by atoms with E-state index < -0.39 is 22.9 Å². The zero-order valence-corrected chi connectivity index (χ0v) is 15.0. The Labute approximate surface area is 122 Å². The maximum atomic E-state index is 2.45. The molecular weight excluding hydrogens is 406 g/mol. The number of halogens is 2. The Kier molecular flexibility index (Phi) is 7.88. The number of hydrogen-bond donors (Lipinski definition) is 0. The van der Waals surface area contributed by atoms with E-state index in [1.54, 1.807) is 14.5 Å². The summed E-state index contributed by atoms with van der Waals surface area (Å²) in [7, 11) is 0. The van der Waals surface area contributed by atoms with Crippen LogP contribution >= 0.6 is 24.8 Å². The summed E-state index contributed by atoms with van der Waals surface area (Å²) in [6.45, 7) is 4.59. The van der Waals surface area contributed by atoms with Gasteiger partial charge in [-0.3, -0.25) is 0 Å². The molecule has 0 bridgehead atoms. The van der Waals surface area contributed by atoms with Crippen LogP contribution in [-0.2, 0) is 22.9 Å². The van der Waals surface area contributed by atoms with Crippen LogP contribution in [0.1, 0.15) is 33.1 Å². The molecule has 2 rings (SSSR count). The van der Waals surface area contributed by atoms with Gasteiger partial charge in [-0.1, -0.05) is 0 Å². The maximum absolute atomic E-state index is 2.45. The molecule has 0 aromatic heterocycles. The molecule has 0 atom stereocenters. The smallest absolute Gasteiger partial charge is 0.147 e. The van der Waals surface area contributed by atoms with Crippen LogP contribution in [0.2, 0.25) is 0 Å². The first-order valence-electron chi connectivity index (χ1n) is 5.33. The molecule has 0 amide bonds. The number of rotatable bonds is 3. The van der Waals surface area contributed by atoms with Gasteiger partial charge in [-0.25, -0.2) is 0 Å². The molecule has 3 heteroatoms. The van der Waals surface area contributed by atoms with Gasteiger partial charge in [0.25, 0.3) is 0 Å². The predicted molar refractivity (Wildman–Crippen MR) is 72.0 cm³/mol. The second-order valence-electron chi connectivity index (χ2n) is 3.84. The molecule has 0 fully saturated rings. The molecule has 0 spiro atoms. The third-order valence-corrected chi connectivity index (χ3v) is 8.60. The summed E-state index contributed by atoms with van der Waals surface area (Å²) < 4.78 is 3.60. The van der Waals surface area contributed by atoms with Gasteiger partial charge in [0.05, 0.1) is 0 Å². The number of hydrogen-bond acceptors (Lipinski definition) is 0. The van der Waals surface area contributed by atoms with Crippen molar-refractivity contribution in [3.8, 4) is 0 Å². The minimum absolute atomic E-state index is 0. The van der Waals surface area contributed by atoms with E-state index in [9.17, 15) is 0 Å². The SMILES string of the molecule is CCC1=CC[C]([Hf][C]2=CC=CC2)=C1C.Cl.Cl. The molecule has 0 aliphatic heterocycles. The van der Waals surface area contributed by atoms with E-state index >= 15 is 0 Å². The normalized spacial score (nSPS) is 17.6. The Morgan fingerprint density at radius 1 is 1.25 bits per heavy atom. The fraction of sp³-hybridized carbons (Fsp3) is 0.385. The summed E-state index contributed by atoms with van der Waals surface area (Å²) in [5.41, 5.74) is 3.25. The topological polar surface area (TPSA) is 0 Å². The van der Waals surface area contributed by atoms with Gasteiger partial charge in [-0.15, -0.1) is 24.8 Å². The third kappa shape index (κ3) is 3.72. The summed E-state index contributed by atoms with van der Waals surface area (Å²) in [5, 5.41) is 0.